The molecule has 2 unspecified atom stereocenters. The number of hydrogen-bond acceptors (Lipinski definition) is 1. The van der Waals surface area contributed by atoms with Crippen LogP contribution in [0, 0.1) is 6.92 Å². The van der Waals surface area contributed by atoms with E-state index >= 15 is 0 Å². The van der Waals surface area contributed by atoms with Crippen LogP contribution in [0.5, 0.6) is 0 Å². The Balaban J connectivity index is 2.28. The molecule has 0 fully saturated rings. The van der Waals surface area contributed by atoms with Gasteiger partial charge in [-0.15, -0.1) is 6.58 Å². The molecular formula is C18H19BO. The lowest BCUT2D eigenvalue weighted by Crippen LogP contribution is -2.20. The van der Waals surface area contributed by atoms with Crippen LogP contribution in [0.2, 0.25) is 6.82 Å². The second kappa shape index (κ2) is 4.95. The molecule has 0 aromatic heterocycles. The van der Waals surface area contributed by atoms with Gasteiger partial charge in [0, 0.05) is 5.92 Å². The summed E-state index contributed by atoms with van der Waals surface area (Å²) in [7, 11) is 0.986. The van der Waals surface area contributed by atoms with Gasteiger partial charge in [-0.1, -0.05) is 60.3 Å². The Kier molecular flexibility index (Phi) is 3.27. The molecule has 0 saturated carbocycles. The van der Waals surface area contributed by atoms with E-state index in [9.17, 15) is 5.11 Å². The van der Waals surface area contributed by atoms with Crippen molar-refractivity contribution < 1.29 is 5.11 Å². The van der Waals surface area contributed by atoms with E-state index in [1.807, 2.05) is 6.08 Å². The zero-order valence-electron chi connectivity index (χ0n) is 12.1. The molecule has 0 heterocycles. The van der Waals surface area contributed by atoms with Crippen molar-refractivity contribution in [1.29, 1.82) is 0 Å². The minimum absolute atomic E-state index is 0.0236. The van der Waals surface area contributed by atoms with Crippen molar-refractivity contribution >= 4 is 12.7 Å². The van der Waals surface area contributed by atoms with E-state index in [4.69, 9.17) is 0 Å². The molecule has 2 aromatic carbocycles. The van der Waals surface area contributed by atoms with Crippen LogP contribution in [0.3, 0.4) is 0 Å². The Labute approximate surface area is 121 Å². The molecule has 3 rings (SSSR count). The van der Waals surface area contributed by atoms with Gasteiger partial charge in [0.05, 0.1) is 6.10 Å². The maximum atomic E-state index is 10.7. The minimum atomic E-state index is -0.497. The smallest absolute Gasteiger partial charge is 0.154 e. The number of hydrogen-bond donors (Lipinski definition) is 1. The molecule has 1 nitrogen and oxygen atoms in total. The number of rotatable bonds is 2. The molecule has 2 aromatic rings. The van der Waals surface area contributed by atoms with Gasteiger partial charge in [0.1, 0.15) is 0 Å². The van der Waals surface area contributed by atoms with Crippen molar-refractivity contribution in [2.24, 2.45) is 0 Å². The molecule has 0 amide bonds. The summed E-state index contributed by atoms with van der Waals surface area (Å²) in [6.07, 6.45) is 1.37. The van der Waals surface area contributed by atoms with Crippen LogP contribution in [0.1, 0.15) is 28.7 Å². The normalized spacial score (nSPS) is 19.9. The molecule has 1 aliphatic carbocycles. The molecule has 0 aliphatic heterocycles. The van der Waals surface area contributed by atoms with Crippen LogP contribution >= 0.6 is 0 Å². The van der Waals surface area contributed by atoms with Gasteiger partial charge < -0.3 is 5.11 Å². The van der Waals surface area contributed by atoms with Gasteiger partial charge in [0.2, 0.25) is 0 Å². The van der Waals surface area contributed by atoms with Crippen LogP contribution in [0.25, 0.3) is 11.1 Å². The highest BCUT2D eigenvalue weighted by Gasteiger charge is 2.30. The van der Waals surface area contributed by atoms with Gasteiger partial charge in [0.25, 0.3) is 0 Å². The van der Waals surface area contributed by atoms with Crippen molar-refractivity contribution in [3.05, 3.63) is 65.7 Å². The van der Waals surface area contributed by atoms with Crippen molar-refractivity contribution in [2.75, 3.05) is 0 Å². The van der Waals surface area contributed by atoms with E-state index in [0.717, 1.165) is 18.4 Å². The first-order chi connectivity index (χ1) is 9.65. The number of aliphatic hydroxyl groups is 1. The Morgan fingerprint density at radius 3 is 2.50 bits per heavy atom. The summed E-state index contributed by atoms with van der Waals surface area (Å²) in [5.41, 5.74) is 7.08. The third-order valence-electron chi connectivity index (χ3n) is 4.29. The standard InChI is InChI=1S/C18H19BO/c1-4-13-16-9-11(2)5-7-14(16)15-8-6-12(19-3)10-17(15)18(13)20/h4-10,13,18-20H,1H2,2-3H3. The average Bonchev–Trinajstić information content (AvgIpc) is 2.47. The first-order valence-corrected chi connectivity index (χ1v) is 7.20. The highest BCUT2D eigenvalue weighted by atomic mass is 16.3. The molecule has 0 spiro atoms. The van der Waals surface area contributed by atoms with E-state index in [-0.39, 0.29) is 5.92 Å². The first kappa shape index (κ1) is 13.2. The summed E-state index contributed by atoms with van der Waals surface area (Å²) in [4.78, 5) is 0. The highest BCUT2D eigenvalue weighted by molar-refractivity contribution is 6.52. The summed E-state index contributed by atoms with van der Waals surface area (Å²) >= 11 is 0. The minimum Gasteiger partial charge on any atom is -0.387 e. The van der Waals surface area contributed by atoms with Crippen molar-refractivity contribution in [1.82, 2.24) is 0 Å². The molecule has 2 atom stereocenters. The zero-order chi connectivity index (χ0) is 14.3. The maximum Gasteiger partial charge on any atom is 0.154 e. The van der Waals surface area contributed by atoms with Crippen LogP contribution < -0.4 is 5.46 Å². The number of aliphatic hydroxyl groups excluding tert-OH is 1. The van der Waals surface area contributed by atoms with Gasteiger partial charge in [0.15, 0.2) is 7.28 Å². The predicted octanol–water partition coefficient (Wildman–Crippen LogP) is 3.09. The SMILES string of the molecule is C=CC1c2cc(C)ccc2-c2ccc(BC)cc2C1O. The molecular weight excluding hydrogens is 243 g/mol. The molecule has 1 N–H and O–H groups in total. The fourth-order valence-corrected chi connectivity index (χ4v) is 3.14. The van der Waals surface area contributed by atoms with Crippen LogP contribution in [-0.4, -0.2) is 12.4 Å². The Hall–Kier alpha value is -1.80. The quantitative estimate of drug-likeness (QED) is 0.651. The Bertz CT molecular complexity index is 675. The lowest BCUT2D eigenvalue weighted by molar-refractivity contribution is 0.160. The topological polar surface area (TPSA) is 20.2 Å². The summed E-state index contributed by atoms with van der Waals surface area (Å²) in [6, 6.07) is 12.9. The Morgan fingerprint density at radius 2 is 1.80 bits per heavy atom. The molecule has 0 bridgehead atoms. The maximum absolute atomic E-state index is 10.7. The number of fused-ring (bicyclic) bond motifs is 3. The fourth-order valence-electron chi connectivity index (χ4n) is 3.14. The summed E-state index contributed by atoms with van der Waals surface area (Å²) in [5, 5.41) is 10.7. The van der Waals surface area contributed by atoms with Crippen molar-refractivity contribution in [2.45, 2.75) is 25.8 Å². The van der Waals surface area contributed by atoms with E-state index in [2.05, 4.69) is 56.7 Å². The highest BCUT2D eigenvalue weighted by Crippen LogP contribution is 2.45. The van der Waals surface area contributed by atoms with Gasteiger partial charge in [-0.25, -0.2) is 0 Å². The Morgan fingerprint density at radius 1 is 1.10 bits per heavy atom. The van der Waals surface area contributed by atoms with Gasteiger partial charge in [-0.2, -0.15) is 0 Å². The first-order valence-electron chi connectivity index (χ1n) is 7.20. The summed E-state index contributed by atoms with van der Waals surface area (Å²) in [5.74, 6) is -0.0236. The molecule has 100 valence electrons. The fraction of sp³-hybridized carbons (Fsp3) is 0.222. The van der Waals surface area contributed by atoms with Gasteiger partial charge in [-0.05, 0) is 29.2 Å². The average molecular weight is 262 g/mol. The molecule has 0 radical (unpaired) electrons. The van der Waals surface area contributed by atoms with E-state index in [1.54, 1.807) is 0 Å². The molecule has 2 heteroatoms. The van der Waals surface area contributed by atoms with E-state index < -0.39 is 6.10 Å². The lowest BCUT2D eigenvalue weighted by Gasteiger charge is -2.31. The van der Waals surface area contributed by atoms with Crippen LogP contribution in [0.4, 0.5) is 0 Å². The van der Waals surface area contributed by atoms with Crippen molar-refractivity contribution in [3.63, 3.8) is 0 Å². The largest absolute Gasteiger partial charge is 0.387 e. The monoisotopic (exact) mass is 262 g/mol. The number of benzene rings is 2. The summed E-state index contributed by atoms with van der Waals surface area (Å²) in [6.45, 7) is 8.14. The molecule has 1 aliphatic rings. The van der Waals surface area contributed by atoms with Gasteiger partial charge >= 0.3 is 0 Å². The number of aryl methyl sites for hydroxylation is 1. The van der Waals surface area contributed by atoms with E-state index in [1.165, 1.54) is 22.2 Å². The molecule has 20 heavy (non-hydrogen) atoms. The summed E-state index contributed by atoms with van der Waals surface area (Å²) < 4.78 is 0. The van der Waals surface area contributed by atoms with Crippen LogP contribution in [-0.2, 0) is 0 Å². The molecule has 0 saturated heterocycles. The van der Waals surface area contributed by atoms with Gasteiger partial charge in [-0.3, -0.25) is 0 Å². The lowest BCUT2D eigenvalue weighted by atomic mass is 9.69. The second-order valence-electron chi connectivity index (χ2n) is 5.57. The third-order valence-corrected chi connectivity index (χ3v) is 4.29. The van der Waals surface area contributed by atoms with Crippen molar-refractivity contribution in [3.8, 4) is 11.1 Å². The van der Waals surface area contributed by atoms with Crippen LogP contribution in [0.15, 0.2) is 49.1 Å². The third kappa shape index (κ3) is 1.92. The zero-order valence-corrected chi connectivity index (χ0v) is 12.1. The van der Waals surface area contributed by atoms with E-state index in [0.29, 0.717) is 0 Å². The predicted molar refractivity (Wildman–Crippen MR) is 87.2 cm³/mol. The second-order valence-corrected chi connectivity index (χ2v) is 5.57.